The molecule has 2 nitrogen and oxygen atoms in total. The molecule has 0 radical (unpaired) electrons. The van der Waals surface area contributed by atoms with Crippen LogP contribution in [0, 0.1) is 11.8 Å². The number of nitrogens with one attached hydrogen (secondary N) is 1. The first-order chi connectivity index (χ1) is 5.49. The van der Waals surface area contributed by atoms with E-state index >= 15 is 0 Å². The Balaban J connectivity index is 3.94. The molecule has 0 saturated carbocycles. The van der Waals surface area contributed by atoms with Crippen molar-refractivity contribution in [2.24, 2.45) is 11.8 Å². The second-order valence-corrected chi connectivity index (χ2v) is 3.98. The van der Waals surface area contributed by atoms with Gasteiger partial charge in [-0.3, -0.25) is 4.79 Å². The van der Waals surface area contributed by atoms with Gasteiger partial charge < -0.3 is 5.32 Å². The Hall–Kier alpha value is -0.240. The Morgan fingerprint density at radius 1 is 1.33 bits per heavy atom. The van der Waals surface area contributed by atoms with E-state index in [9.17, 15) is 4.79 Å². The number of halogens is 1. The first kappa shape index (κ1) is 11.8. The fourth-order valence-electron chi connectivity index (χ4n) is 0.733. The molecule has 0 aliphatic carbocycles. The Kier molecular flexibility index (Phi) is 5.31. The van der Waals surface area contributed by atoms with Gasteiger partial charge in [-0.1, -0.05) is 27.7 Å². The van der Waals surface area contributed by atoms with Crippen molar-refractivity contribution in [3.05, 3.63) is 0 Å². The maximum Gasteiger partial charge on any atom is 0.222 e. The second kappa shape index (κ2) is 5.41. The summed E-state index contributed by atoms with van der Waals surface area (Å²) >= 11 is 5.70. The molecule has 0 aromatic carbocycles. The number of carbonyl (C=O) groups excluding carboxylic acids is 1. The Labute approximate surface area is 79.7 Å². The SMILES string of the molecule is CC(C)C(=O)NC(CCl)C(C)C. The van der Waals surface area contributed by atoms with Gasteiger partial charge in [0.15, 0.2) is 0 Å². The van der Waals surface area contributed by atoms with Crippen LogP contribution >= 0.6 is 11.6 Å². The van der Waals surface area contributed by atoms with Crippen LogP contribution in [0.5, 0.6) is 0 Å². The van der Waals surface area contributed by atoms with E-state index in [2.05, 4.69) is 5.32 Å². The largest absolute Gasteiger partial charge is 0.352 e. The molecular formula is C9H18ClNO. The second-order valence-electron chi connectivity index (χ2n) is 3.67. The van der Waals surface area contributed by atoms with Crippen LogP contribution in [0.2, 0.25) is 0 Å². The van der Waals surface area contributed by atoms with Crippen LogP contribution in [0.1, 0.15) is 27.7 Å². The quantitative estimate of drug-likeness (QED) is 0.677. The highest BCUT2D eigenvalue weighted by Gasteiger charge is 2.16. The first-order valence-corrected chi connectivity index (χ1v) is 4.88. The number of alkyl halides is 1. The van der Waals surface area contributed by atoms with Crippen LogP contribution in [0.25, 0.3) is 0 Å². The molecule has 0 aromatic heterocycles. The summed E-state index contributed by atoms with van der Waals surface area (Å²) in [5, 5.41) is 2.89. The molecule has 1 amide bonds. The predicted octanol–water partition coefficient (Wildman–Crippen LogP) is 2.02. The van der Waals surface area contributed by atoms with E-state index < -0.39 is 0 Å². The Morgan fingerprint density at radius 2 is 1.83 bits per heavy atom. The van der Waals surface area contributed by atoms with Crippen molar-refractivity contribution in [2.45, 2.75) is 33.7 Å². The molecule has 0 bridgehead atoms. The standard InChI is InChI=1S/C9H18ClNO/c1-6(2)8(5-10)11-9(12)7(3)4/h6-8H,5H2,1-4H3,(H,11,12). The lowest BCUT2D eigenvalue weighted by molar-refractivity contribution is -0.124. The lowest BCUT2D eigenvalue weighted by Gasteiger charge is -2.20. The number of carbonyl (C=O) groups is 1. The smallest absolute Gasteiger partial charge is 0.222 e. The molecule has 0 fully saturated rings. The van der Waals surface area contributed by atoms with Crippen molar-refractivity contribution >= 4 is 17.5 Å². The van der Waals surface area contributed by atoms with Crippen LogP contribution in [0.15, 0.2) is 0 Å². The molecule has 0 rings (SSSR count). The number of hydrogen-bond acceptors (Lipinski definition) is 1. The fourth-order valence-corrected chi connectivity index (χ4v) is 1.17. The zero-order valence-corrected chi connectivity index (χ0v) is 8.98. The Bertz CT molecular complexity index is 145. The highest BCUT2D eigenvalue weighted by molar-refractivity contribution is 6.18. The average molecular weight is 192 g/mol. The van der Waals surface area contributed by atoms with Crippen molar-refractivity contribution in [3.8, 4) is 0 Å². The van der Waals surface area contributed by atoms with E-state index in [-0.39, 0.29) is 17.9 Å². The van der Waals surface area contributed by atoms with Crippen molar-refractivity contribution in [1.29, 1.82) is 0 Å². The minimum absolute atomic E-state index is 0.0365. The van der Waals surface area contributed by atoms with Gasteiger partial charge in [-0.25, -0.2) is 0 Å². The number of hydrogen-bond donors (Lipinski definition) is 1. The van der Waals surface area contributed by atoms with Crippen LogP contribution in [0.3, 0.4) is 0 Å². The summed E-state index contributed by atoms with van der Waals surface area (Å²) in [5.74, 6) is 0.991. The molecule has 1 unspecified atom stereocenters. The van der Waals surface area contributed by atoms with Gasteiger partial charge in [0.2, 0.25) is 5.91 Å². The summed E-state index contributed by atoms with van der Waals surface area (Å²) in [6.45, 7) is 7.85. The van der Waals surface area contributed by atoms with E-state index in [0.717, 1.165) is 0 Å². The fraction of sp³-hybridized carbons (Fsp3) is 0.889. The van der Waals surface area contributed by atoms with Gasteiger partial charge in [-0.15, -0.1) is 11.6 Å². The molecular weight excluding hydrogens is 174 g/mol. The molecule has 1 N–H and O–H groups in total. The van der Waals surface area contributed by atoms with E-state index in [1.807, 2.05) is 27.7 Å². The van der Waals surface area contributed by atoms with Crippen LogP contribution in [0.4, 0.5) is 0 Å². The third-order valence-electron chi connectivity index (χ3n) is 1.82. The van der Waals surface area contributed by atoms with Crippen molar-refractivity contribution in [2.75, 3.05) is 5.88 Å². The van der Waals surface area contributed by atoms with Crippen LogP contribution in [-0.4, -0.2) is 17.8 Å². The number of amides is 1. The van der Waals surface area contributed by atoms with Gasteiger partial charge >= 0.3 is 0 Å². The zero-order valence-electron chi connectivity index (χ0n) is 8.23. The third kappa shape index (κ3) is 3.96. The summed E-state index contributed by atoms with van der Waals surface area (Å²) in [5.41, 5.74) is 0. The highest BCUT2D eigenvalue weighted by Crippen LogP contribution is 2.04. The molecule has 0 heterocycles. The monoisotopic (exact) mass is 191 g/mol. The molecule has 72 valence electrons. The molecule has 0 aliphatic heterocycles. The highest BCUT2D eigenvalue weighted by atomic mass is 35.5. The van der Waals surface area contributed by atoms with E-state index in [1.165, 1.54) is 0 Å². The molecule has 0 saturated heterocycles. The van der Waals surface area contributed by atoms with Gasteiger partial charge in [-0.05, 0) is 5.92 Å². The van der Waals surface area contributed by atoms with Crippen LogP contribution < -0.4 is 5.32 Å². The van der Waals surface area contributed by atoms with Gasteiger partial charge in [-0.2, -0.15) is 0 Å². The maximum atomic E-state index is 11.2. The molecule has 0 spiro atoms. The van der Waals surface area contributed by atoms with Crippen molar-refractivity contribution in [1.82, 2.24) is 5.32 Å². The van der Waals surface area contributed by atoms with Gasteiger partial charge in [0.1, 0.15) is 0 Å². The average Bonchev–Trinajstić information content (AvgIpc) is 1.98. The molecule has 0 aromatic rings. The van der Waals surface area contributed by atoms with Gasteiger partial charge in [0, 0.05) is 17.8 Å². The molecule has 12 heavy (non-hydrogen) atoms. The summed E-state index contributed by atoms with van der Waals surface area (Å²) in [6, 6.07) is 0.0987. The van der Waals surface area contributed by atoms with Crippen molar-refractivity contribution in [3.63, 3.8) is 0 Å². The van der Waals surface area contributed by atoms with Gasteiger partial charge in [0.25, 0.3) is 0 Å². The van der Waals surface area contributed by atoms with Crippen molar-refractivity contribution < 1.29 is 4.79 Å². The minimum atomic E-state index is 0.0365. The van der Waals surface area contributed by atoms with Gasteiger partial charge in [0.05, 0.1) is 0 Å². The normalized spacial score (nSPS) is 13.6. The number of rotatable bonds is 4. The van der Waals surface area contributed by atoms with E-state index in [0.29, 0.717) is 11.8 Å². The lowest BCUT2D eigenvalue weighted by atomic mass is 10.1. The first-order valence-electron chi connectivity index (χ1n) is 4.35. The summed E-state index contributed by atoms with van der Waals surface area (Å²) < 4.78 is 0. The molecule has 0 aliphatic rings. The summed E-state index contributed by atoms with van der Waals surface area (Å²) in [6.07, 6.45) is 0. The van der Waals surface area contributed by atoms with E-state index in [1.54, 1.807) is 0 Å². The topological polar surface area (TPSA) is 29.1 Å². The predicted molar refractivity (Wildman–Crippen MR) is 52.3 cm³/mol. The summed E-state index contributed by atoms with van der Waals surface area (Å²) in [4.78, 5) is 11.2. The Morgan fingerprint density at radius 3 is 2.08 bits per heavy atom. The zero-order chi connectivity index (χ0) is 9.72. The van der Waals surface area contributed by atoms with E-state index in [4.69, 9.17) is 11.6 Å². The summed E-state index contributed by atoms with van der Waals surface area (Å²) in [7, 11) is 0. The van der Waals surface area contributed by atoms with Crippen LogP contribution in [-0.2, 0) is 4.79 Å². The molecule has 3 heteroatoms. The maximum absolute atomic E-state index is 11.2. The lowest BCUT2D eigenvalue weighted by Crippen LogP contribution is -2.41. The molecule has 1 atom stereocenters. The minimum Gasteiger partial charge on any atom is -0.352 e. The third-order valence-corrected chi connectivity index (χ3v) is 2.16.